The third-order valence-electron chi connectivity index (χ3n) is 4.56. The van der Waals surface area contributed by atoms with Crippen LogP contribution in [0, 0.1) is 0 Å². The molecule has 1 aliphatic rings. The highest BCUT2D eigenvalue weighted by molar-refractivity contribution is 5.89. The second-order valence-corrected chi connectivity index (χ2v) is 6.07. The molecular weight excluding hydrogens is 250 g/mol. The topological polar surface area (TPSA) is 46.9 Å². The van der Waals surface area contributed by atoms with E-state index in [9.17, 15) is 4.79 Å². The molecule has 1 aromatic rings. The normalized spacial score (nSPS) is 23.2. The maximum atomic E-state index is 12.5. The molecule has 1 unspecified atom stereocenters. The van der Waals surface area contributed by atoms with Gasteiger partial charge in [-0.15, -0.1) is 0 Å². The van der Waals surface area contributed by atoms with Crippen molar-refractivity contribution in [3.05, 3.63) is 18.0 Å². The number of hydrogen-bond donors (Lipinski definition) is 1. The molecule has 0 aliphatic carbocycles. The minimum absolute atomic E-state index is 0.270. The van der Waals surface area contributed by atoms with Crippen molar-refractivity contribution >= 4 is 5.78 Å². The Morgan fingerprint density at radius 1 is 1.45 bits per heavy atom. The number of aromatic nitrogens is 2. The Bertz CT molecular complexity index is 442. The number of nitrogens with one attached hydrogen (secondary N) is 1. The zero-order valence-electron chi connectivity index (χ0n) is 13.0. The van der Waals surface area contributed by atoms with Crippen LogP contribution in [0.2, 0.25) is 0 Å². The largest absolute Gasteiger partial charge is 0.305 e. The summed E-state index contributed by atoms with van der Waals surface area (Å²) in [7, 11) is 0. The number of carbonyl (C=O) groups excluding carboxylic acids is 1. The van der Waals surface area contributed by atoms with Crippen LogP contribution in [0.15, 0.2) is 12.3 Å². The average Bonchev–Trinajstić information content (AvgIpc) is 2.89. The van der Waals surface area contributed by atoms with Crippen LogP contribution in [-0.4, -0.2) is 27.6 Å². The highest BCUT2D eigenvalue weighted by Gasteiger charge is 2.34. The number of ketones is 1. The second-order valence-electron chi connectivity index (χ2n) is 6.07. The summed E-state index contributed by atoms with van der Waals surface area (Å²) in [5, 5.41) is 7.97. The molecule has 0 bridgehead atoms. The van der Waals surface area contributed by atoms with Crippen molar-refractivity contribution in [3.63, 3.8) is 0 Å². The van der Waals surface area contributed by atoms with Crippen LogP contribution in [-0.2, 0) is 11.2 Å². The molecule has 4 nitrogen and oxygen atoms in total. The molecule has 1 atom stereocenters. The third kappa shape index (κ3) is 3.29. The highest BCUT2D eigenvalue weighted by atomic mass is 16.1. The van der Waals surface area contributed by atoms with Crippen LogP contribution in [0.4, 0.5) is 0 Å². The minimum atomic E-state index is -0.350. The van der Waals surface area contributed by atoms with E-state index in [1.807, 2.05) is 23.9 Å². The summed E-state index contributed by atoms with van der Waals surface area (Å²) in [5.74, 6) is 0.270. The van der Waals surface area contributed by atoms with Gasteiger partial charge in [-0.1, -0.05) is 13.8 Å². The zero-order valence-corrected chi connectivity index (χ0v) is 13.0. The quantitative estimate of drug-likeness (QED) is 0.869. The van der Waals surface area contributed by atoms with Crippen molar-refractivity contribution in [1.82, 2.24) is 15.1 Å². The first-order chi connectivity index (χ1) is 9.59. The summed E-state index contributed by atoms with van der Waals surface area (Å²) in [5.41, 5.74) is 0.548. The van der Waals surface area contributed by atoms with Gasteiger partial charge in [-0.2, -0.15) is 5.10 Å². The molecule has 1 N–H and O–H groups in total. The summed E-state index contributed by atoms with van der Waals surface area (Å²) in [6, 6.07) is 2.44. The number of nitrogens with zero attached hydrogens (tertiary/aromatic N) is 2. The van der Waals surface area contributed by atoms with Gasteiger partial charge in [0.1, 0.15) is 0 Å². The van der Waals surface area contributed by atoms with Crippen molar-refractivity contribution in [2.45, 2.75) is 70.9 Å². The Morgan fingerprint density at radius 3 is 2.80 bits per heavy atom. The highest BCUT2D eigenvalue weighted by Crippen LogP contribution is 2.22. The van der Waals surface area contributed by atoms with Gasteiger partial charge in [0.05, 0.1) is 23.7 Å². The molecule has 112 valence electrons. The Labute approximate surface area is 121 Å². The maximum Gasteiger partial charge on any atom is 0.158 e. The van der Waals surface area contributed by atoms with E-state index in [0.29, 0.717) is 12.5 Å². The lowest BCUT2D eigenvalue weighted by Crippen LogP contribution is -2.52. The maximum absolute atomic E-state index is 12.5. The van der Waals surface area contributed by atoms with Gasteiger partial charge < -0.3 is 5.32 Å². The zero-order chi connectivity index (χ0) is 14.6. The van der Waals surface area contributed by atoms with Crippen LogP contribution >= 0.6 is 0 Å². The second kappa shape index (κ2) is 6.53. The number of Topliss-reactive ketones (excluding diaryl/α,β-unsaturated/α-hetero) is 1. The van der Waals surface area contributed by atoms with Crippen molar-refractivity contribution in [1.29, 1.82) is 0 Å². The van der Waals surface area contributed by atoms with E-state index < -0.39 is 0 Å². The molecule has 0 radical (unpaired) electrons. The van der Waals surface area contributed by atoms with Crippen LogP contribution in [0.25, 0.3) is 0 Å². The lowest BCUT2D eigenvalue weighted by molar-refractivity contribution is -0.125. The van der Waals surface area contributed by atoms with Crippen molar-refractivity contribution in [3.8, 4) is 0 Å². The number of piperidine rings is 1. The van der Waals surface area contributed by atoms with Crippen molar-refractivity contribution in [2.24, 2.45) is 0 Å². The van der Waals surface area contributed by atoms with E-state index in [2.05, 4.69) is 24.3 Å². The molecule has 0 saturated carbocycles. The molecular formula is C16H27N3O. The molecule has 1 aromatic heterocycles. The average molecular weight is 277 g/mol. The molecule has 1 aliphatic heterocycles. The predicted molar refractivity (Wildman–Crippen MR) is 80.8 cm³/mol. The molecule has 4 heteroatoms. The summed E-state index contributed by atoms with van der Waals surface area (Å²) < 4.78 is 2.01. The number of carbonyl (C=O) groups is 1. The lowest BCUT2D eigenvalue weighted by Gasteiger charge is -2.33. The molecule has 2 rings (SSSR count). The van der Waals surface area contributed by atoms with Crippen LogP contribution in [0.1, 0.15) is 64.6 Å². The van der Waals surface area contributed by atoms with E-state index in [1.165, 1.54) is 6.42 Å². The fourth-order valence-electron chi connectivity index (χ4n) is 2.99. The van der Waals surface area contributed by atoms with E-state index in [0.717, 1.165) is 37.9 Å². The standard InChI is InChI=1S/C16H27N3O/c1-4-14(5-2)19-11-8-13(18-19)12-15(20)16(3)9-6-7-10-17-16/h8,11,14,17H,4-7,9-10,12H2,1-3H3. The van der Waals surface area contributed by atoms with E-state index in [1.54, 1.807) is 0 Å². The summed E-state index contributed by atoms with van der Waals surface area (Å²) >= 11 is 0. The van der Waals surface area contributed by atoms with Crippen molar-refractivity contribution < 1.29 is 4.79 Å². The van der Waals surface area contributed by atoms with E-state index in [-0.39, 0.29) is 11.3 Å². The minimum Gasteiger partial charge on any atom is -0.305 e. The Hall–Kier alpha value is -1.16. The van der Waals surface area contributed by atoms with E-state index in [4.69, 9.17) is 0 Å². The van der Waals surface area contributed by atoms with Crippen LogP contribution in [0.5, 0.6) is 0 Å². The predicted octanol–water partition coefficient (Wildman–Crippen LogP) is 2.89. The van der Waals surface area contributed by atoms with Gasteiger partial charge in [0.2, 0.25) is 0 Å². The SMILES string of the molecule is CCC(CC)n1ccc(CC(=O)C2(C)CCCCN2)n1. The first-order valence-corrected chi connectivity index (χ1v) is 7.91. The Kier molecular flexibility index (Phi) is 4.97. The summed E-state index contributed by atoms with van der Waals surface area (Å²) in [6.45, 7) is 7.33. The Balaban J connectivity index is 2.01. The fraction of sp³-hybridized carbons (Fsp3) is 0.750. The third-order valence-corrected chi connectivity index (χ3v) is 4.56. The van der Waals surface area contributed by atoms with Gasteiger partial charge in [0, 0.05) is 6.20 Å². The molecule has 0 aromatic carbocycles. The van der Waals surface area contributed by atoms with Crippen molar-refractivity contribution in [2.75, 3.05) is 6.54 Å². The molecule has 20 heavy (non-hydrogen) atoms. The summed E-state index contributed by atoms with van der Waals surface area (Å²) in [6.07, 6.45) is 7.85. The van der Waals surface area contributed by atoms with Crippen LogP contribution < -0.4 is 5.32 Å². The van der Waals surface area contributed by atoms with Gasteiger partial charge in [0.15, 0.2) is 5.78 Å². The lowest BCUT2D eigenvalue weighted by atomic mass is 9.85. The first kappa shape index (κ1) is 15.2. The van der Waals surface area contributed by atoms with Gasteiger partial charge in [0.25, 0.3) is 0 Å². The summed E-state index contributed by atoms with van der Waals surface area (Å²) in [4.78, 5) is 12.5. The fourth-order valence-corrected chi connectivity index (χ4v) is 2.99. The molecule has 0 amide bonds. The molecule has 2 heterocycles. The number of hydrogen-bond acceptors (Lipinski definition) is 3. The first-order valence-electron chi connectivity index (χ1n) is 7.91. The number of rotatable bonds is 6. The van der Waals surface area contributed by atoms with Gasteiger partial charge in [-0.3, -0.25) is 9.48 Å². The van der Waals surface area contributed by atoms with Gasteiger partial charge in [-0.25, -0.2) is 0 Å². The smallest absolute Gasteiger partial charge is 0.158 e. The van der Waals surface area contributed by atoms with Gasteiger partial charge in [-0.05, 0) is 51.6 Å². The van der Waals surface area contributed by atoms with Gasteiger partial charge >= 0.3 is 0 Å². The Morgan fingerprint density at radius 2 is 2.20 bits per heavy atom. The molecule has 0 spiro atoms. The monoisotopic (exact) mass is 277 g/mol. The van der Waals surface area contributed by atoms with E-state index >= 15 is 0 Å². The molecule has 1 fully saturated rings. The molecule has 1 saturated heterocycles. The van der Waals surface area contributed by atoms with Crippen LogP contribution in [0.3, 0.4) is 0 Å².